The van der Waals surface area contributed by atoms with Crippen LogP contribution >= 0.6 is 12.4 Å². The van der Waals surface area contributed by atoms with Crippen molar-refractivity contribution in [1.29, 1.82) is 0 Å². The second-order valence-electron chi connectivity index (χ2n) is 5.59. The zero-order valence-electron chi connectivity index (χ0n) is 12.9. The number of carboxylic acid groups (broad SMARTS) is 1. The fourth-order valence-electron chi connectivity index (χ4n) is 2.84. The molecule has 124 valence electrons. The molecule has 1 fully saturated rings. The van der Waals surface area contributed by atoms with E-state index in [4.69, 9.17) is 4.74 Å². The minimum atomic E-state index is -0.681. The summed E-state index contributed by atoms with van der Waals surface area (Å²) in [5.41, 5.74) is 1.29. The van der Waals surface area contributed by atoms with Crippen molar-refractivity contribution in [1.82, 2.24) is 4.90 Å². The van der Waals surface area contributed by atoms with E-state index in [1.807, 2.05) is 18.2 Å². The topological polar surface area (TPSA) is 49.8 Å². The summed E-state index contributed by atoms with van der Waals surface area (Å²) in [5.74, 6) is -0.681. The Hall–Kier alpha value is -1.10. The summed E-state index contributed by atoms with van der Waals surface area (Å²) in [4.78, 5) is 13.3. The third kappa shape index (κ3) is 6.34. The number of hydrogen-bond acceptors (Lipinski definition) is 3. The Balaban J connectivity index is 0.00000242. The maximum absolute atomic E-state index is 11.2. The third-order valence-corrected chi connectivity index (χ3v) is 4.01. The Bertz CT molecular complexity index is 427. The normalized spacial score (nSPS) is 18.6. The number of piperidine rings is 1. The number of nitrogens with zero attached hydrogens (tertiary/aromatic N) is 1. The van der Waals surface area contributed by atoms with Gasteiger partial charge in [0.15, 0.2) is 0 Å². The van der Waals surface area contributed by atoms with Crippen LogP contribution in [0.1, 0.15) is 31.2 Å². The fourth-order valence-corrected chi connectivity index (χ4v) is 2.84. The molecule has 1 atom stereocenters. The zero-order valence-corrected chi connectivity index (χ0v) is 13.8. The highest BCUT2D eigenvalue weighted by atomic mass is 35.5. The number of hydrogen-bond donors (Lipinski definition) is 1. The molecule has 22 heavy (non-hydrogen) atoms. The van der Waals surface area contributed by atoms with E-state index in [-0.39, 0.29) is 18.4 Å². The van der Waals surface area contributed by atoms with Gasteiger partial charge in [0.1, 0.15) is 6.04 Å². The molecule has 2 rings (SSSR count). The lowest BCUT2D eigenvalue weighted by molar-refractivity contribution is -0.144. The summed E-state index contributed by atoms with van der Waals surface area (Å²) >= 11 is 0. The summed E-state index contributed by atoms with van der Waals surface area (Å²) in [6.07, 6.45) is 4.75. The van der Waals surface area contributed by atoms with Gasteiger partial charge < -0.3 is 9.84 Å². The Morgan fingerprint density at radius 2 is 2.00 bits per heavy atom. The maximum atomic E-state index is 11.2. The van der Waals surface area contributed by atoms with Gasteiger partial charge in [-0.05, 0) is 37.8 Å². The van der Waals surface area contributed by atoms with Crippen LogP contribution in [0.3, 0.4) is 0 Å². The van der Waals surface area contributed by atoms with E-state index in [0.717, 1.165) is 51.8 Å². The molecule has 0 amide bonds. The molecule has 0 aliphatic carbocycles. The lowest BCUT2D eigenvalue weighted by Crippen LogP contribution is -2.45. The third-order valence-electron chi connectivity index (χ3n) is 4.01. The van der Waals surface area contributed by atoms with Crippen molar-refractivity contribution >= 4 is 18.4 Å². The molecular formula is C17H26ClNO3. The summed E-state index contributed by atoms with van der Waals surface area (Å²) < 4.78 is 5.65. The molecule has 4 nitrogen and oxygen atoms in total. The highest BCUT2D eigenvalue weighted by Crippen LogP contribution is 2.17. The molecule has 1 heterocycles. The molecule has 0 spiro atoms. The molecule has 0 bridgehead atoms. The number of rotatable bonds is 8. The highest BCUT2D eigenvalue weighted by molar-refractivity contribution is 5.85. The largest absolute Gasteiger partial charge is 0.480 e. The maximum Gasteiger partial charge on any atom is 0.320 e. The van der Waals surface area contributed by atoms with Crippen molar-refractivity contribution in [3.63, 3.8) is 0 Å². The monoisotopic (exact) mass is 327 g/mol. The number of halogens is 1. The Kier molecular flexibility index (Phi) is 9.13. The summed E-state index contributed by atoms with van der Waals surface area (Å²) in [7, 11) is 0. The van der Waals surface area contributed by atoms with Gasteiger partial charge in [-0.2, -0.15) is 0 Å². The van der Waals surface area contributed by atoms with E-state index >= 15 is 0 Å². The van der Waals surface area contributed by atoms with Crippen LogP contribution in [-0.2, 0) is 16.0 Å². The molecule has 1 aromatic carbocycles. The number of carboxylic acids is 1. The average Bonchev–Trinajstić information content (AvgIpc) is 2.52. The molecule has 1 unspecified atom stereocenters. The molecule has 0 aromatic heterocycles. The van der Waals surface area contributed by atoms with Crippen molar-refractivity contribution < 1.29 is 14.6 Å². The first-order chi connectivity index (χ1) is 10.3. The van der Waals surface area contributed by atoms with Gasteiger partial charge in [-0.15, -0.1) is 12.4 Å². The molecule has 1 N–H and O–H groups in total. The van der Waals surface area contributed by atoms with E-state index in [1.54, 1.807) is 0 Å². The lowest BCUT2D eigenvalue weighted by Gasteiger charge is -2.32. The van der Waals surface area contributed by atoms with Crippen LogP contribution in [0.15, 0.2) is 30.3 Å². The fraction of sp³-hybridized carbons (Fsp3) is 0.588. The van der Waals surface area contributed by atoms with E-state index in [0.29, 0.717) is 6.61 Å². The lowest BCUT2D eigenvalue weighted by atomic mass is 10.0. The first-order valence-electron chi connectivity index (χ1n) is 7.86. The van der Waals surface area contributed by atoms with Gasteiger partial charge in [-0.1, -0.05) is 36.8 Å². The van der Waals surface area contributed by atoms with E-state index < -0.39 is 5.97 Å². The van der Waals surface area contributed by atoms with Crippen LogP contribution in [0.5, 0.6) is 0 Å². The van der Waals surface area contributed by atoms with Crippen LogP contribution in [0.4, 0.5) is 0 Å². The minimum Gasteiger partial charge on any atom is -0.480 e. The number of ether oxygens (including phenoxy) is 1. The summed E-state index contributed by atoms with van der Waals surface area (Å²) in [6.45, 7) is 3.16. The van der Waals surface area contributed by atoms with Crippen LogP contribution in [-0.4, -0.2) is 48.3 Å². The van der Waals surface area contributed by atoms with Crippen LogP contribution < -0.4 is 0 Å². The molecule has 0 radical (unpaired) electrons. The standard InChI is InChI=1S/C17H25NO3.ClH/c19-17(20)16-9-4-5-11-18(16)12-6-13-21-14-10-15-7-2-1-3-8-15;/h1-3,7-8,16H,4-6,9-14H2,(H,19,20);1H. The molecular weight excluding hydrogens is 302 g/mol. The van der Waals surface area contributed by atoms with Gasteiger partial charge in [0.25, 0.3) is 0 Å². The van der Waals surface area contributed by atoms with Gasteiger partial charge in [-0.25, -0.2) is 0 Å². The van der Waals surface area contributed by atoms with Crippen molar-refractivity contribution in [3.8, 4) is 0 Å². The molecule has 5 heteroatoms. The van der Waals surface area contributed by atoms with Crippen molar-refractivity contribution in [2.24, 2.45) is 0 Å². The summed E-state index contributed by atoms with van der Waals surface area (Å²) in [5, 5.41) is 9.20. The second-order valence-corrected chi connectivity index (χ2v) is 5.59. The minimum absolute atomic E-state index is 0. The quantitative estimate of drug-likeness (QED) is 0.746. The number of carbonyl (C=O) groups is 1. The van der Waals surface area contributed by atoms with Gasteiger partial charge in [0.05, 0.1) is 6.61 Å². The molecule has 0 saturated carbocycles. The van der Waals surface area contributed by atoms with E-state index in [1.165, 1.54) is 5.56 Å². The van der Waals surface area contributed by atoms with Crippen molar-refractivity contribution in [2.45, 2.75) is 38.1 Å². The van der Waals surface area contributed by atoms with E-state index in [9.17, 15) is 9.90 Å². The van der Waals surface area contributed by atoms with Crippen LogP contribution in [0.2, 0.25) is 0 Å². The van der Waals surface area contributed by atoms with Gasteiger partial charge in [0.2, 0.25) is 0 Å². The number of aliphatic carboxylic acids is 1. The predicted octanol–water partition coefficient (Wildman–Crippen LogP) is 3.00. The Morgan fingerprint density at radius 3 is 2.73 bits per heavy atom. The van der Waals surface area contributed by atoms with Crippen molar-refractivity contribution in [2.75, 3.05) is 26.3 Å². The van der Waals surface area contributed by atoms with Gasteiger partial charge >= 0.3 is 5.97 Å². The Morgan fingerprint density at radius 1 is 1.23 bits per heavy atom. The number of likely N-dealkylation sites (tertiary alicyclic amines) is 1. The Labute approximate surface area is 138 Å². The van der Waals surface area contributed by atoms with Crippen LogP contribution in [0, 0.1) is 0 Å². The average molecular weight is 328 g/mol. The van der Waals surface area contributed by atoms with Gasteiger partial charge in [-0.3, -0.25) is 9.69 Å². The molecule has 1 aliphatic rings. The smallest absolute Gasteiger partial charge is 0.320 e. The molecule has 1 saturated heterocycles. The molecule has 1 aliphatic heterocycles. The highest BCUT2D eigenvalue weighted by Gasteiger charge is 2.27. The van der Waals surface area contributed by atoms with E-state index in [2.05, 4.69) is 17.0 Å². The zero-order chi connectivity index (χ0) is 14.9. The predicted molar refractivity (Wildman–Crippen MR) is 89.7 cm³/mol. The summed E-state index contributed by atoms with van der Waals surface area (Å²) in [6, 6.07) is 10.0. The molecule has 1 aromatic rings. The van der Waals surface area contributed by atoms with Gasteiger partial charge in [0, 0.05) is 13.2 Å². The second kappa shape index (κ2) is 10.6. The van der Waals surface area contributed by atoms with Crippen molar-refractivity contribution in [3.05, 3.63) is 35.9 Å². The number of benzene rings is 1. The SMILES string of the molecule is Cl.O=C(O)C1CCCCN1CCCOCCc1ccccc1. The first kappa shape index (κ1) is 18.9. The first-order valence-corrected chi connectivity index (χ1v) is 7.86. The van der Waals surface area contributed by atoms with Crippen LogP contribution in [0.25, 0.3) is 0 Å².